The lowest BCUT2D eigenvalue weighted by atomic mass is 10.0. The molecule has 3 aromatic carbocycles. The number of aryl methyl sites for hydroxylation is 1. The van der Waals surface area contributed by atoms with Crippen molar-refractivity contribution in [2.45, 2.75) is 13.8 Å². The molecule has 0 atom stereocenters. The Morgan fingerprint density at radius 2 is 1.61 bits per heavy atom. The fourth-order valence-electron chi connectivity index (χ4n) is 5.34. The van der Waals surface area contributed by atoms with Crippen LogP contribution in [0.4, 0.5) is 5.69 Å². The topological polar surface area (TPSA) is 77.1 Å². The lowest BCUT2D eigenvalue weighted by molar-refractivity contribution is 0.102. The normalized spacial score (nSPS) is 13.9. The van der Waals surface area contributed by atoms with E-state index in [0.717, 1.165) is 87.8 Å². The molecule has 7 nitrogen and oxygen atoms in total. The SMILES string of the molecule is C=C(c1ccc(-c2cc3c(-c4cccc(NC(=O)c5ccc(C)cc5)c4C)ncnc3[nH]2)cc1)N1CCN(C)CC1. The second-order valence-electron chi connectivity index (χ2n) is 10.8. The van der Waals surface area contributed by atoms with Crippen LogP contribution < -0.4 is 5.32 Å². The molecule has 2 aromatic heterocycles. The summed E-state index contributed by atoms with van der Waals surface area (Å²) in [6, 6.07) is 24.1. The molecule has 0 unspecified atom stereocenters. The molecule has 7 heteroatoms. The van der Waals surface area contributed by atoms with Crippen LogP contribution in [0.1, 0.15) is 27.0 Å². The number of carbonyl (C=O) groups is 1. The van der Waals surface area contributed by atoms with E-state index in [2.05, 4.69) is 74.0 Å². The molecule has 2 N–H and O–H groups in total. The van der Waals surface area contributed by atoms with Gasteiger partial charge in [-0.25, -0.2) is 9.97 Å². The molecule has 206 valence electrons. The lowest BCUT2D eigenvalue weighted by Crippen LogP contribution is -2.43. The molecular formula is C34H34N6O. The number of hydrogen-bond donors (Lipinski definition) is 2. The van der Waals surface area contributed by atoms with Crippen molar-refractivity contribution in [3.8, 4) is 22.5 Å². The van der Waals surface area contributed by atoms with E-state index in [1.807, 2.05) is 56.3 Å². The molecule has 41 heavy (non-hydrogen) atoms. The number of carbonyl (C=O) groups excluding carboxylic acids is 1. The Labute approximate surface area is 240 Å². The van der Waals surface area contributed by atoms with Crippen LogP contribution in [0.25, 0.3) is 39.2 Å². The number of piperazine rings is 1. The maximum Gasteiger partial charge on any atom is 0.255 e. The van der Waals surface area contributed by atoms with E-state index >= 15 is 0 Å². The Hall–Kier alpha value is -4.75. The molecule has 0 spiro atoms. The second-order valence-corrected chi connectivity index (χ2v) is 10.8. The van der Waals surface area contributed by atoms with Crippen LogP contribution in [0.5, 0.6) is 0 Å². The van der Waals surface area contributed by atoms with Crippen molar-refractivity contribution < 1.29 is 4.79 Å². The van der Waals surface area contributed by atoms with Crippen molar-refractivity contribution in [3.05, 3.63) is 108 Å². The maximum absolute atomic E-state index is 12.9. The quantitative estimate of drug-likeness (QED) is 0.260. The minimum absolute atomic E-state index is 0.138. The molecule has 3 heterocycles. The van der Waals surface area contributed by atoms with Crippen LogP contribution >= 0.6 is 0 Å². The van der Waals surface area contributed by atoms with Gasteiger partial charge in [-0.05, 0) is 61.9 Å². The number of nitrogens with one attached hydrogen (secondary N) is 2. The number of amides is 1. The zero-order valence-electron chi connectivity index (χ0n) is 23.7. The molecule has 0 bridgehead atoms. The number of nitrogens with zero attached hydrogens (tertiary/aromatic N) is 4. The predicted molar refractivity (Wildman–Crippen MR) is 167 cm³/mol. The Bertz CT molecular complexity index is 1730. The molecule has 1 aliphatic rings. The van der Waals surface area contributed by atoms with Crippen molar-refractivity contribution in [1.29, 1.82) is 0 Å². The van der Waals surface area contributed by atoms with Gasteiger partial charge in [-0.15, -0.1) is 0 Å². The van der Waals surface area contributed by atoms with E-state index in [9.17, 15) is 4.79 Å². The second kappa shape index (κ2) is 11.0. The monoisotopic (exact) mass is 542 g/mol. The summed E-state index contributed by atoms with van der Waals surface area (Å²) in [5.41, 5.74) is 10.2. The molecule has 5 aromatic rings. The number of likely N-dealkylation sites (N-methyl/N-ethyl adjacent to an activating group) is 1. The number of benzene rings is 3. The fourth-order valence-corrected chi connectivity index (χ4v) is 5.34. The van der Waals surface area contributed by atoms with Crippen molar-refractivity contribution in [3.63, 3.8) is 0 Å². The number of fused-ring (bicyclic) bond motifs is 1. The zero-order valence-corrected chi connectivity index (χ0v) is 23.7. The molecule has 0 radical (unpaired) electrons. The van der Waals surface area contributed by atoms with Crippen LogP contribution in [-0.2, 0) is 0 Å². The number of hydrogen-bond acceptors (Lipinski definition) is 5. The largest absolute Gasteiger partial charge is 0.369 e. The van der Waals surface area contributed by atoms with Crippen LogP contribution in [0.3, 0.4) is 0 Å². The van der Waals surface area contributed by atoms with Crippen molar-refractivity contribution >= 4 is 28.3 Å². The van der Waals surface area contributed by atoms with Crippen molar-refractivity contribution in [1.82, 2.24) is 24.8 Å². The summed E-state index contributed by atoms with van der Waals surface area (Å²) in [4.78, 5) is 30.3. The Morgan fingerprint density at radius 3 is 2.34 bits per heavy atom. The molecule has 1 fully saturated rings. The summed E-state index contributed by atoms with van der Waals surface area (Å²) in [5.74, 6) is -0.138. The average molecular weight is 543 g/mol. The van der Waals surface area contributed by atoms with E-state index in [0.29, 0.717) is 5.56 Å². The number of anilines is 1. The summed E-state index contributed by atoms with van der Waals surface area (Å²) < 4.78 is 0. The summed E-state index contributed by atoms with van der Waals surface area (Å²) in [6.07, 6.45) is 1.58. The summed E-state index contributed by atoms with van der Waals surface area (Å²) >= 11 is 0. The Morgan fingerprint density at radius 1 is 0.902 bits per heavy atom. The first-order valence-electron chi connectivity index (χ1n) is 13.9. The highest BCUT2D eigenvalue weighted by Gasteiger charge is 2.18. The fraction of sp³-hybridized carbons (Fsp3) is 0.206. The Balaban J connectivity index is 1.27. The molecule has 6 rings (SSSR count). The van der Waals surface area contributed by atoms with Gasteiger partial charge in [0.25, 0.3) is 5.91 Å². The van der Waals surface area contributed by atoms with Gasteiger partial charge in [0.1, 0.15) is 12.0 Å². The van der Waals surface area contributed by atoms with Gasteiger partial charge in [-0.2, -0.15) is 0 Å². The van der Waals surface area contributed by atoms with Gasteiger partial charge in [-0.1, -0.05) is 60.7 Å². The highest BCUT2D eigenvalue weighted by atomic mass is 16.1. The first kappa shape index (κ1) is 26.5. The van der Waals surface area contributed by atoms with Gasteiger partial charge in [0.2, 0.25) is 0 Å². The van der Waals surface area contributed by atoms with Gasteiger partial charge < -0.3 is 20.1 Å². The van der Waals surface area contributed by atoms with Crippen LogP contribution in [0.15, 0.2) is 85.7 Å². The van der Waals surface area contributed by atoms with Gasteiger partial charge in [0, 0.05) is 59.8 Å². The first-order chi connectivity index (χ1) is 19.9. The van der Waals surface area contributed by atoms with Crippen LogP contribution in [-0.4, -0.2) is 63.9 Å². The van der Waals surface area contributed by atoms with Gasteiger partial charge >= 0.3 is 0 Å². The molecule has 1 saturated heterocycles. The van der Waals surface area contributed by atoms with E-state index in [-0.39, 0.29) is 5.91 Å². The maximum atomic E-state index is 12.9. The molecule has 0 aliphatic carbocycles. The molecule has 1 aliphatic heterocycles. The molecule has 1 amide bonds. The third-order valence-electron chi connectivity index (χ3n) is 7.99. The van der Waals surface area contributed by atoms with E-state index in [1.165, 1.54) is 0 Å². The minimum atomic E-state index is -0.138. The standard InChI is InChI=1S/C34H34N6O/c1-22-8-10-27(11-9-22)34(41)38-30-7-5-6-28(23(30)2)32-29-20-31(37-33(29)36-21-35-32)26-14-12-25(13-15-26)24(3)40-18-16-39(4)17-19-40/h5-15,20-21H,3,16-19H2,1-2,4H3,(H,38,41)(H,35,36,37). The lowest BCUT2D eigenvalue weighted by Gasteiger charge is -2.35. The smallest absolute Gasteiger partial charge is 0.255 e. The first-order valence-corrected chi connectivity index (χ1v) is 13.9. The Kier molecular flexibility index (Phi) is 7.12. The number of H-pyrrole nitrogens is 1. The van der Waals surface area contributed by atoms with Crippen molar-refractivity contribution in [2.24, 2.45) is 0 Å². The molecular weight excluding hydrogens is 508 g/mol. The third-order valence-corrected chi connectivity index (χ3v) is 7.99. The minimum Gasteiger partial charge on any atom is -0.369 e. The summed E-state index contributed by atoms with van der Waals surface area (Å²) in [7, 11) is 2.16. The van der Waals surface area contributed by atoms with Crippen molar-refractivity contribution in [2.75, 3.05) is 38.5 Å². The van der Waals surface area contributed by atoms with E-state index in [1.54, 1.807) is 6.33 Å². The highest BCUT2D eigenvalue weighted by molar-refractivity contribution is 6.05. The zero-order chi connectivity index (χ0) is 28.5. The summed E-state index contributed by atoms with van der Waals surface area (Å²) in [5, 5.41) is 4.00. The highest BCUT2D eigenvalue weighted by Crippen LogP contribution is 2.34. The van der Waals surface area contributed by atoms with Crippen LogP contribution in [0.2, 0.25) is 0 Å². The van der Waals surface area contributed by atoms with Crippen LogP contribution in [0, 0.1) is 13.8 Å². The average Bonchev–Trinajstić information content (AvgIpc) is 3.44. The number of aromatic amines is 1. The van der Waals surface area contributed by atoms with Gasteiger partial charge in [0.15, 0.2) is 0 Å². The predicted octanol–water partition coefficient (Wildman–Crippen LogP) is 6.38. The molecule has 0 saturated carbocycles. The summed E-state index contributed by atoms with van der Waals surface area (Å²) in [6.45, 7) is 12.5. The number of aromatic nitrogens is 3. The van der Waals surface area contributed by atoms with E-state index in [4.69, 9.17) is 0 Å². The number of rotatable bonds is 6. The van der Waals surface area contributed by atoms with Gasteiger partial charge in [-0.3, -0.25) is 4.79 Å². The third kappa shape index (κ3) is 5.36. The van der Waals surface area contributed by atoms with Gasteiger partial charge in [0.05, 0.1) is 5.69 Å². The van der Waals surface area contributed by atoms with E-state index < -0.39 is 0 Å².